The van der Waals surface area contributed by atoms with Crippen LogP contribution in [0.2, 0.25) is 0 Å². The number of rotatable bonds is 2. The van der Waals surface area contributed by atoms with Gasteiger partial charge in [0.15, 0.2) is 0 Å². The smallest absolute Gasteiger partial charge is 0.410 e. The van der Waals surface area contributed by atoms with E-state index in [0.717, 1.165) is 6.07 Å². The number of halogens is 4. The van der Waals surface area contributed by atoms with Gasteiger partial charge in [0.1, 0.15) is 28.5 Å². The quantitative estimate of drug-likeness (QED) is 0.552. The van der Waals surface area contributed by atoms with Crippen LogP contribution in [0.1, 0.15) is 31.9 Å². The predicted octanol–water partition coefficient (Wildman–Crippen LogP) is 3.51. The largest absolute Gasteiger partial charge is 0.465 e. The molecule has 0 saturated carbocycles. The maximum atomic E-state index is 14.6. The molecule has 0 spiro atoms. The molecule has 1 aromatic carbocycles. The van der Waals surface area contributed by atoms with Crippen molar-refractivity contribution in [3.05, 3.63) is 35.1 Å². The van der Waals surface area contributed by atoms with Crippen LogP contribution in [0.5, 0.6) is 0 Å². The number of amides is 1. The Kier molecular flexibility index (Phi) is 5.73. The summed E-state index contributed by atoms with van der Waals surface area (Å²) in [4.78, 5) is 15.5. The summed E-state index contributed by atoms with van der Waals surface area (Å²) < 4.78 is 68.3. The van der Waals surface area contributed by atoms with E-state index in [1.807, 2.05) is 5.32 Å². The maximum Gasteiger partial charge on any atom is 0.410 e. The second-order valence-corrected chi connectivity index (χ2v) is 10.0. The molecule has 0 saturated heterocycles. The van der Waals surface area contributed by atoms with Gasteiger partial charge in [-0.05, 0) is 39.0 Å². The maximum absolute atomic E-state index is 14.6. The summed E-state index contributed by atoms with van der Waals surface area (Å²) in [5.41, 5.74) is -1.52. The Hall–Kier alpha value is -2.61. The molecule has 11 heteroatoms. The van der Waals surface area contributed by atoms with Gasteiger partial charge in [-0.3, -0.25) is 10.3 Å². The number of benzene rings is 1. The fourth-order valence-corrected chi connectivity index (χ4v) is 5.47. The molecular formula is C18H19F4N3O3S. The summed E-state index contributed by atoms with van der Waals surface area (Å²) in [7, 11) is -3.76. The van der Waals surface area contributed by atoms with E-state index in [4.69, 9.17) is 11.5 Å². The molecule has 0 aromatic heterocycles. The third kappa shape index (κ3) is 4.53. The molecule has 2 rings (SSSR count). The molecule has 2 N–H and O–H groups in total. The number of aliphatic imine (C=N–C) groups is 1. The van der Waals surface area contributed by atoms with Gasteiger partial charge < -0.3 is 5.11 Å². The van der Waals surface area contributed by atoms with Gasteiger partial charge in [-0.2, -0.15) is 13.2 Å². The van der Waals surface area contributed by atoms with Crippen LogP contribution >= 0.6 is 0 Å². The molecule has 0 unspecified atom stereocenters. The minimum Gasteiger partial charge on any atom is -0.465 e. The number of nitrogens with one attached hydrogen (secondary N) is 1. The van der Waals surface area contributed by atoms with E-state index in [9.17, 15) is 26.6 Å². The molecule has 0 aliphatic carbocycles. The van der Waals surface area contributed by atoms with E-state index in [-0.39, 0.29) is 17.0 Å². The standard InChI is InChI=1S/C18H19F4N3O3S/c1-5-11-6-7-13(19)12(8-11)17(4)10-29(28,23-9-18(20,21)22)16(2,3)14(25-17)24-15(26)27/h1,6-8H,9-10H2,2-4H3,(H,24,25)(H,26,27)/t17-,29+/m0/s1. The van der Waals surface area contributed by atoms with Crippen molar-refractivity contribution in [3.63, 3.8) is 0 Å². The van der Waals surface area contributed by atoms with Crippen LogP contribution in [0, 0.1) is 18.2 Å². The fraction of sp³-hybridized carbons (Fsp3) is 0.444. The highest BCUT2D eigenvalue weighted by Gasteiger charge is 2.50. The number of carboxylic acid groups (broad SMARTS) is 1. The number of amidine groups is 1. The zero-order valence-electron chi connectivity index (χ0n) is 15.8. The number of hydrogen-bond donors (Lipinski definition) is 2. The molecule has 29 heavy (non-hydrogen) atoms. The van der Waals surface area contributed by atoms with Crippen LogP contribution in [0.3, 0.4) is 0 Å². The summed E-state index contributed by atoms with van der Waals surface area (Å²) >= 11 is 0. The van der Waals surface area contributed by atoms with Crippen LogP contribution in [0.25, 0.3) is 0 Å². The van der Waals surface area contributed by atoms with Gasteiger partial charge in [0, 0.05) is 11.1 Å². The van der Waals surface area contributed by atoms with Gasteiger partial charge >= 0.3 is 12.3 Å². The van der Waals surface area contributed by atoms with Crippen molar-refractivity contribution in [1.82, 2.24) is 5.32 Å². The summed E-state index contributed by atoms with van der Waals surface area (Å²) in [6.07, 6.45) is -0.952. The first-order valence-corrected chi connectivity index (χ1v) is 9.96. The van der Waals surface area contributed by atoms with Crippen LogP contribution in [0.4, 0.5) is 22.4 Å². The third-order valence-electron chi connectivity index (χ3n) is 4.59. The fourth-order valence-electron chi connectivity index (χ4n) is 2.96. The van der Waals surface area contributed by atoms with Gasteiger partial charge in [-0.25, -0.2) is 17.8 Å². The summed E-state index contributed by atoms with van der Waals surface area (Å²) in [5.74, 6) is 0.601. The van der Waals surface area contributed by atoms with Crippen molar-refractivity contribution in [2.45, 2.75) is 37.2 Å². The normalized spacial score (nSPS) is 26.2. The van der Waals surface area contributed by atoms with E-state index in [2.05, 4.69) is 15.3 Å². The Balaban J connectivity index is 2.79. The topological polar surface area (TPSA) is 91.1 Å². The number of nitrogens with zero attached hydrogens (tertiary/aromatic N) is 2. The van der Waals surface area contributed by atoms with Gasteiger partial charge in [-0.1, -0.05) is 5.92 Å². The highest BCUT2D eigenvalue weighted by atomic mass is 32.2. The number of hydrogen-bond acceptors (Lipinski definition) is 4. The molecular weight excluding hydrogens is 414 g/mol. The van der Waals surface area contributed by atoms with E-state index in [0.29, 0.717) is 0 Å². The molecule has 1 heterocycles. The first kappa shape index (κ1) is 22.7. The first-order valence-electron chi connectivity index (χ1n) is 8.27. The Morgan fingerprint density at radius 3 is 2.55 bits per heavy atom. The van der Waals surface area contributed by atoms with Gasteiger partial charge in [-0.15, -0.1) is 6.42 Å². The Morgan fingerprint density at radius 2 is 2.03 bits per heavy atom. The van der Waals surface area contributed by atoms with Crippen molar-refractivity contribution in [2.75, 3.05) is 12.3 Å². The Bertz CT molecular complexity index is 1030. The molecule has 1 aliphatic heterocycles. The Labute approximate surface area is 165 Å². The zero-order valence-corrected chi connectivity index (χ0v) is 16.6. The molecule has 158 valence electrons. The van der Waals surface area contributed by atoms with Crippen molar-refractivity contribution in [2.24, 2.45) is 9.36 Å². The molecule has 0 fully saturated rings. The zero-order chi connectivity index (χ0) is 22.3. The lowest BCUT2D eigenvalue weighted by atomic mass is 9.92. The molecule has 6 nitrogen and oxygen atoms in total. The van der Waals surface area contributed by atoms with E-state index in [1.165, 1.54) is 32.9 Å². The first-order chi connectivity index (χ1) is 13.1. The molecule has 2 atom stereocenters. The lowest BCUT2D eigenvalue weighted by Crippen LogP contribution is -2.57. The van der Waals surface area contributed by atoms with Crippen LogP contribution in [0.15, 0.2) is 27.6 Å². The Morgan fingerprint density at radius 1 is 1.41 bits per heavy atom. The second kappa shape index (κ2) is 7.33. The van der Waals surface area contributed by atoms with Crippen molar-refractivity contribution in [3.8, 4) is 12.3 Å². The van der Waals surface area contributed by atoms with Gasteiger partial charge in [0.05, 0.1) is 15.5 Å². The van der Waals surface area contributed by atoms with Gasteiger partial charge in [0.25, 0.3) is 0 Å². The lowest BCUT2D eigenvalue weighted by Gasteiger charge is -2.41. The third-order valence-corrected chi connectivity index (χ3v) is 7.88. The van der Waals surface area contributed by atoms with Crippen molar-refractivity contribution in [1.29, 1.82) is 0 Å². The predicted molar refractivity (Wildman–Crippen MR) is 101 cm³/mol. The average molecular weight is 433 g/mol. The highest BCUT2D eigenvalue weighted by molar-refractivity contribution is 7.95. The summed E-state index contributed by atoms with van der Waals surface area (Å²) in [6, 6.07) is 3.64. The number of alkyl halides is 3. The average Bonchev–Trinajstić information content (AvgIpc) is 2.57. The number of carbonyl (C=O) groups is 1. The van der Waals surface area contributed by atoms with E-state index in [1.54, 1.807) is 0 Å². The van der Waals surface area contributed by atoms with E-state index >= 15 is 0 Å². The second-order valence-electron chi connectivity index (χ2n) is 7.20. The summed E-state index contributed by atoms with van der Waals surface area (Å²) in [5, 5.41) is 11.1. The lowest BCUT2D eigenvalue weighted by molar-refractivity contribution is -0.117. The molecule has 1 aliphatic rings. The van der Waals surface area contributed by atoms with Gasteiger partial charge in [0.2, 0.25) is 0 Å². The molecule has 0 bridgehead atoms. The van der Waals surface area contributed by atoms with Crippen LogP contribution in [-0.2, 0) is 15.3 Å². The van der Waals surface area contributed by atoms with Crippen LogP contribution in [-0.4, -0.2) is 44.5 Å². The number of terminal acetylenes is 1. The van der Waals surface area contributed by atoms with Crippen molar-refractivity contribution < 1.29 is 31.7 Å². The molecule has 0 radical (unpaired) electrons. The van der Waals surface area contributed by atoms with E-state index < -0.39 is 50.4 Å². The monoisotopic (exact) mass is 433 g/mol. The molecule has 1 amide bonds. The SMILES string of the molecule is C#Cc1ccc(F)c([C@]2(C)C[S@](=O)(=NCC(F)(F)F)C(C)(C)C(NC(=O)O)=N2)c1. The molecule has 1 aromatic rings. The highest BCUT2D eigenvalue weighted by Crippen LogP contribution is 2.40. The van der Waals surface area contributed by atoms with Crippen LogP contribution < -0.4 is 5.32 Å². The minimum atomic E-state index is -4.72. The van der Waals surface area contributed by atoms with Crippen molar-refractivity contribution >= 4 is 21.7 Å². The minimum absolute atomic E-state index is 0.122. The summed E-state index contributed by atoms with van der Waals surface area (Å²) in [6.45, 7) is 2.20.